The van der Waals surface area contributed by atoms with Crippen molar-refractivity contribution in [1.29, 1.82) is 0 Å². The zero-order valence-corrected chi connectivity index (χ0v) is 7.13. The maximum Gasteiger partial charge on any atom is 0.118 e. The molecule has 0 atom stereocenters. The number of aromatic hydroxyl groups is 2. The maximum atomic E-state index is 8.93. The molecule has 0 bridgehead atoms. The quantitative estimate of drug-likeness (QED) is 0.563. The molecule has 0 saturated carbocycles. The number of phenolic OH excluding ortho intramolecular Hbond substituents is 2. The van der Waals surface area contributed by atoms with Crippen molar-refractivity contribution in [1.82, 2.24) is 0 Å². The van der Waals surface area contributed by atoms with Gasteiger partial charge in [0.05, 0.1) is 0 Å². The van der Waals surface area contributed by atoms with Crippen LogP contribution in [0.4, 0.5) is 0 Å². The molecule has 2 heteroatoms. The lowest BCUT2D eigenvalue weighted by Gasteiger charge is -1.96. The summed E-state index contributed by atoms with van der Waals surface area (Å²) in [5.41, 5.74) is 0.690. The van der Waals surface area contributed by atoms with E-state index in [-0.39, 0.29) is 11.5 Å². The van der Waals surface area contributed by atoms with Crippen LogP contribution in [0.3, 0.4) is 0 Å². The van der Waals surface area contributed by atoms with Crippen LogP contribution in [0.25, 0.3) is 0 Å². The molecule has 0 aliphatic carbocycles. The van der Waals surface area contributed by atoms with E-state index in [9.17, 15) is 0 Å². The Kier molecular flexibility index (Phi) is 4.11. The highest BCUT2D eigenvalue weighted by Crippen LogP contribution is 2.19. The molecule has 0 heterocycles. The van der Waals surface area contributed by atoms with Crippen molar-refractivity contribution in [2.24, 2.45) is 0 Å². The first kappa shape index (κ1) is 9.82. The van der Waals surface area contributed by atoms with Crippen molar-refractivity contribution in [3.8, 4) is 11.5 Å². The summed E-state index contributed by atoms with van der Waals surface area (Å²) < 4.78 is 0. The Balaban J connectivity index is 0.000000461. The smallest absolute Gasteiger partial charge is 0.118 e. The Hall–Kier alpha value is -1.18. The summed E-state index contributed by atoms with van der Waals surface area (Å²) >= 11 is 0. The summed E-state index contributed by atoms with van der Waals surface area (Å²) in [6.45, 7) is 5.73. The predicted molar refractivity (Wildman–Crippen MR) is 45.9 cm³/mol. The van der Waals surface area contributed by atoms with Crippen LogP contribution in [0.2, 0.25) is 0 Å². The highest BCUT2D eigenvalue weighted by molar-refractivity contribution is 5.37. The molecule has 0 aliphatic rings. The van der Waals surface area contributed by atoms with Crippen LogP contribution >= 0.6 is 0 Å². The fourth-order valence-electron chi connectivity index (χ4n) is 0.640. The molecule has 2 N–H and O–H groups in total. The summed E-state index contributed by atoms with van der Waals surface area (Å²) in [4.78, 5) is 0. The first-order chi connectivity index (χ1) is 5.20. The molecule has 0 saturated heterocycles. The largest absolute Gasteiger partial charge is 0.508 e. The molecule has 2 nitrogen and oxygen atoms in total. The van der Waals surface area contributed by atoms with Gasteiger partial charge in [-0.05, 0) is 30.7 Å². The van der Waals surface area contributed by atoms with E-state index >= 15 is 0 Å². The highest BCUT2D eigenvalue weighted by atomic mass is 16.3. The Bertz CT molecular complexity index is 219. The monoisotopic (exact) mass is 154 g/mol. The molecule has 11 heavy (non-hydrogen) atoms. The van der Waals surface area contributed by atoms with Crippen molar-refractivity contribution < 1.29 is 10.2 Å². The second-order valence-corrected chi connectivity index (χ2v) is 1.97. The van der Waals surface area contributed by atoms with Gasteiger partial charge < -0.3 is 10.2 Å². The average Bonchev–Trinajstić information content (AvgIpc) is 2.02. The Labute approximate surface area is 67.1 Å². The van der Waals surface area contributed by atoms with Gasteiger partial charge >= 0.3 is 0 Å². The van der Waals surface area contributed by atoms with Gasteiger partial charge in [0.25, 0.3) is 0 Å². The van der Waals surface area contributed by atoms with E-state index in [2.05, 4.69) is 0 Å². The molecule has 0 amide bonds. The van der Waals surface area contributed by atoms with Crippen LogP contribution in [0, 0.1) is 6.92 Å². The molecule has 0 unspecified atom stereocenters. The number of rotatable bonds is 0. The van der Waals surface area contributed by atoms with Gasteiger partial charge in [0.1, 0.15) is 11.5 Å². The van der Waals surface area contributed by atoms with Gasteiger partial charge in [-0.15, -0.1) is 0 Å². The van der Waals surface area contributed by atoms with Crippen molar-refractivity contribution in [3.63, 3.8) is 0 Å². The molecule has 0 spiro atoms. The van der Waals surface area contributed by atoms with Gasteiger partial charge in [-0.2, -0.15) is 0 Å². The highest BCUT2D eigenvalue weighted by Gasteiger charge is 1.93. The molecule has 0 aliphatic heterocycles. The second-order valence-electron chi connectivity index (χ2n) is 1.97. The minimum Gasteiger partial charge on any atom is -0.508 e. The average molecular weight is 154 g/mol. The summed E-state index contributed by atoms with van der Waals surface area (Å²) in [6, 6.07) is 4.42. The van der Waals surface area contributed by atoms with Crippen molar-refractivity contribution in [3.05, 3.63) is 23.8 Å². The normalized spacial score (nSPS) is 8.27. The lowest BCUT2D eigenvalue weighted by Crippen LogP contribution is -1.71. The van der Waals surface area contributed by atoms with Crippen LogP contribution in [0.5, 0.6) is 11.5 Å². The number of phenols is 2. The third-order valence-electron chi connectivity index (χ3n) is 1.18. The molecule has 1 aromatic rings. The summed E-state index contributed by atoms with van der Waals surface area (Å²) in [5.74, 6) is 0.401. The Morgan fingerprint density at radius 2 is 1.64 bits per heavy atom. The molecule has 1 aromatic carbocycles. The van der Waals surface area contributed by atoms with E-state index in [0.717, 1.165) is 0 Å². The topological polar surface area (TPSA) is 40.5 Å². The summed E-state index contributed by atoms with van der Waals surface area (Å²) in [6.07, 6.45) is 0. The molecule has 0 aromatic heterocycles. The molecular weight excluding hydrogens is 140 g/mol. The Morgan fingerprint density at radius 3 is 2.00 bits per heavy atom. The number of hydrogen-bond donors (Lipinski definition) is 2. The van der Waals surface area contributed by atoms with Gasteiger partial charge in [-0.25, -0.2) is 0 Å². The zero-order chi connectivity index (χ0) is 8.85. The lowest BCUT2D eigenvalue weighted by molar-refractivity contribution is 0.456. The molecular formula is C9H14O2. The van der Waals surface area contributed by atoms with Gasteiger partial charge in [-0.3, -0.25) is 0 Å². The van der Waals surface area contributed by atoms with Gasteiger partial charge in [0.2, 0.25) is 0 Å². The molecule has 62 valence electrons. The van der Waals surface area contributed by atoms with Gasteiger partial charge in [-0.1, -0.05) is 13.8 Å². The van der Waals surface area contributed by atoms with Crippen LogP contribution in [-0.4, -0.2) is 10.2 Å². The van der Waals surface area contributed by atoms with Crippen LogP contribution < -0.4 is 0 Å². The van der Waals surface area contributed by atoms with E-state index in [4.69, 9.17) is 10.2 Å². The van der Waals surface area contributed by atoms with Crippen LogP contribution in [0.1, 0.15) is 19.4 Å². The van der Waals surface area contributed by atoms with Crippen LogP contribution in [-0.2, 0) is 0 Å². The third-order valence-corrected chi connectivity index (χ3v) is 1.18. The maximum absolute atomic E-state index is 8.93. The van der Waals surface area contributed by atoms with Crippen molar-refractivity contribution in [2.75, 3.05) is 0 Å². The fraction of sp³-hybridized carbons (Fsp3) is 0.333. The molecule has 0 radical (unpaired) electrons. The van der Waals surface area contributed by atoms with E-state index < -0.39 is 0 Å². The van der Waals surface area contributed by atoms with Crippen LogP contribution in [0.15, 0.2) is 18.2 Å². The van der Waals surface area contributed by atoms with E-state index in [1.807, 2.05) is 13.8 Å². The van der Waals surface area contributed by atoms with E-state index in [1.54, 1.807) is 6.92 Å². The first-order valence-electron chi connectivity index (χ1n) is 3.69. The standard InChI is InChI=1S/C7H8O2.C2H6/c1-5-4-6(8)2-3-7(5)9;1-2/h2-4,8-9H,1H3;1-2H3. The lowest BCUT2D eigenvalue weighted by atomic mass is 10.2. The second kappa shape index (κ2) is 4.61. The molecule has 1 rings (SSSR count). The first-order valence-corrected chi connectivity index (χ1v) is 3.69. The van der Waals surface area contributed by atoms with E-state index in [0.29, 0.717) is 5.56 Å². The number of hydrogen-bond acceptors (Lipinski definition) is 2. The third kappa shape index (κ3) is 2.94. The minimum atomic E-state index is 0.185. The minimum absolute atomic E-state index is 0.185. The SMILES string of the molecule is CC.Cc1cc(O)ccc1O. The summed E-state index contributed by atoms with van der Waals surface area (Å²) in [7, 11) is 0. The summed E-state index contributed by atoms with van der Waals surface area (Å²) in [5, 5.41) is 17.8. The van der Waals surface area contributed by atoms with Gasteiger partial charge in [0.15, 0.2) is 0 Å². The fourth-order valence-corrected chi connectivity index (χ4v) is 0.640. The Morgan fingerprint density at radius 1 is 1.09 bits per heavy atom. The number of benzene rings is 1. The number of aryl methyl sites for hydroxylation is 1. The molecule has 0 fully saturated rings. The van der Waals surface area contributed by atoms with Crippen molar-refractivity contribution >= 4 is 0 Å². The zero-order valence-electron chi connectivity index (χ0n) is 7.13. The van der Waals surface area contributed by atoms with Gasteiger partial charge in [0, 0.05) is 0 Å². The van der Waals surface area contributed by atoms with E-state index in [1.165, 1.54) is 18.2 Å². The predicted octanol–water partition coefficient (Wildman–Crippen LogP) is 2.43. The van der Waals surface area contributed by atoms with Crippen molar-refractivity contribution in [2.45, 2.75) is 20.8 Å².